The summed E-state index contributed by atoms with van der Waals surface area (Å²) >= 11 is 0. The second-order valence-electron chi connectivity index (χ2n) is 2.31. The monoisotopic (exact) mass is 183 g/mol. The van der Waals surface area contributed by atoms with E-state index in [4.69, 9.17) is 10.8 Å². The highest BCUT2D eigenvalue weighted by Crippen LogP contribution is 2.15. The van der Waals surface area contributed by atoms with Crippen molar-refractivity contribution in [2.45, 2.75) is 0 Å². The first-order chi connectivity index (χ1) is 6.15. The molecule has 13 heavy (non-hydrogen) atoms. The van der Waals surface area contributed by atoms with Crippen LogP contribution in [0.1, 0.15) is 5.56 Å². The molecule has 4 heteroatoms. The summed E-state index contributed by atoms with van der Waals surface area (Å²) in [5.74, 6) is 2.95. The van der Waals surface area contributed by atoms with E-state index in [9.17, 15) is 8.78 Å². The highest BCUT2D eigenvalue weighted by atomic mass is 19.1. The van der Waals surface area contributed by atoms with Crippen molar-refractivity contribution in [1.82, 2.24) is 0 Å². The Balaban J connectivity index is 3.16. The highest BCUT2D eigenvalue weighted by Gasteiger charge is 2.04. The third-order valence-corrected chi connectivity index (χ3v) is 1.39. The van der Waals surface area contributed by atoms with Crippen LogP contribution >= 0.6 is 0 Å². The van der Waals surface area contributed by atoms with E-state index in [-0.39, 0.29) is 17.9 Å². The molecule has 0 bridgehead atoms. The van der Waals surface area contributed by atoms with Crippen LogP contribution in [-0.4, -0.2) is 11.7 Å². The van der Waals surface area contributed by atoms with Gasteiger partial charge in [-0.3, -0.25) is 0 Å². The van der Waals surface area contributed by atoms with Gasteiger partial charge in [0.2, 0.25) is 0 Å². The molecule has 0 radical (unpaired) electrons. The van der Waals surface area contributed by atoms with Crippen LogP contribution in [0.25, 0.3) is 0 Å². The first kappa shape index (κ1) is 9.49. The first-order valence-electron chi connectivity index (χ1n) is 3.49. The lowest BCUT2D eigenvalue weighted by Gasteiger charge is -1.98. The second kappa shape index (κ2) is 3.87. The Morgan fingerprint density at radius 3 is 2.62 bits per heavy atom. The number of anilines is 1. The maximum Gasteiger partial charge on any atom is 0.149 e. The summed E-state index contributed by atoms with van der Waals surface area (Å²) in [5.41, 5.74) is 5.01. The third kappa shape index (κ3) is 2.17. The van der Waals surface area contributed by atoms with Gasteiger partial charge in [0.25, 0.3) is 0 Å². The molecule has 0 heterocycles. The molecule has 0 saturated heterocycles. The molecule has 0 amide bonds. The van der Waals surface area contributed by atoms with Gasteiger partial charge < -0.3 is 10.8 Å². The molecule has 0 fully saturated rings. The van der Waals surface area contributed by atoms with Crippen molar-refractivity contribution >= 4 is 5.69 Å². The van der Waals surface area contributed by atoms with Crippen molar-refractivity contribution in [3.8, 4) is 11.8 Å². The van der Waals surface area contributed by atoms with Crippen LogP contribution < -0.4 is 5.73 Å². The lowest BCUT2D eigenvalue weighted by molar-refractivity contribution is 0.350. The van der Waals surface area contributed by atoms with Gasteiger partial charge in [-0.25, -0.2) is 8.78 Å². The molecule has 1 aromatic rings. The molecule has 2 nitrogen and oxygen atoms in total. The highest BCUT2D eigenvalue weighted by molar-refractivity contribution is 5.49. The van der Waals surface area contributed by atoms with Crippen molar-refractivity contribution in [3.63, 3.8) is 0 Å². The van der Waals surface area contributed by atoms with Crippen LogP contribution in [0.4, 0.5) is 14.5 Å². The average molecular weight is 183 g/mol. The molecule has 68 valence electrons. The van der Waals surface area contributed by atoms with Crippen molar-refractivity contribution in [2.75, 3.05) is 12.3 Å². The van der Waals surface area contributed by atoms with Gasteiger partial charge in [0.05, 0.1) is 11.3 Å². The van der Waals surface area contributed by atoms with E-state index >= 15 is 0 Å². The Morgan fingerprint density at radius 1 is 1.31 bits per heavy atom. The summed E-state index contributed by atoms with van der Waals surface area (Å²) in [4.78, 5) is 0. The summed E-state index contributed by atoms with van der Waals surface area (Å²) in [7, 11) is 0. The van der Waals surface area contributed by atoms with Gasteiger partial charge in [-0.15, -0.1) is 0 Å². The van der Waals surface area contributed by atoms with Crippen molar-refractivity contribution in [2.24, 2.45) is 0 Å². The Kier molecular flexibility index (Phi) is 2.83. The summed E-state index contributed by atoms with van der Waals surface area (Å²) in [5, 5.41) is 8.34. The number of nitrogens with two attached hydrogens (primary N) is 1. The van der Waals surface area contributed by atoms with E-state index in [1.165, 1.54) is 0 Å². The fourth-order valence-electron chi connectivity index (χ4n) is 0.796. The van der Waals surface area contributed by atoms with E-state index in [2.05, 4.69) is 11.8 Å². The fourth-order valence-corrected chi connectivity index (χ4v) is 0.796. The Morgan fingerprint density at radius 2 is 2.00 bits per heavy atom. The number of aliphatic hydroxyl groups is 1. The molecular formula is C9H7F2NO. The zero-order valence-corrected chi connectivity index (χ0v) is 6.64. The maximum absolute atomic E-state index is 12.9. The Hall–Kier alpha value is -1.60. The van der Waals surface area contributed by atoms with Gasteiger partial charge >= 0.3 is 0 Å². The van der Waals surface area contributed by atoms with E-state index in [1.807, 2.05) is 0 Å². The predicted octanol–water partition coefficient (Wildman–Crippen LogP) is 0.891. The molecule has 0 saturated carbocycles. The SMILES string of the molecule is Nc1cc(C#CCO)c(F)cc1F. The molecule has 0 atom stereocenters. The first-order valence-corrected chi connectivity index (χ1v) is 3.49. The van der Waals surface area contributed by atoms with Gasteiger partial charge in [0.15, 0.2) is 0 Å². The number of hydrogen-bond acceptors (Lipinski definition) is 2. The standard InChI is InChI=1S/C9H7F2NO/c10-7-5-8(11)9(12)4-6(7)2-1-3-13/h4-5,13H,3,12H2. The number of rotatable bonds is 0. The zero-order valence-electron chi connectivity index (χ0n) is 6.64. The number of halogens is 2. The van der Waals surface area contributed by atoms with Gasteiger partial charge in [-0.05, 0) is 6.07 Å². The van der Waals surface area contributed by atoms with E-state index in [0.717, 1.165) is 6.07 Å². The minimum atomic E-state index is -0.813. The normalized spacial score (nSPS) is 9.15. The lowest BCUT2D eigenvalue weighted by Crippen LogP contribution is -1.94. The average Bonchev–Trinajstić information content (AvgIpc) is 2.09. The minimum absolute atomic E-state index is 0.0204. The maximum atomic E-state index is 12.9. The third-order valence-electron chi connectivity index (χ3n) is 1.39. The van der Waals surface area contributed by atoms with Crippen LogP contribution in [0.15, 0.2) is 12.1 Å². The second-order valence-corrected chi connectivity index (χ2v) is 2.31. The predicted molar refractivity (Wildman–Crippen MR) is 44.7 cm³/mol. The van der Waals surface area contributed by atoms with Crippen molar-refractivity contribution in [3.05, 3.63) is 29.3 Å². The van der Waals surface area contributed by atoms with E-state index in [0.29, 0.717) is 6.07 Å². The number of nitrogen functional groups attached to an aromatic ring is 1. The molecule has 0 aromatic heterocycles. The molecule has 0 unspecified atom stereocenters. The van der Waals surface area contributed by atoms with Gasteiger partial charge in [0, 0.05) is 6.07 Å². The summed E-state index contributed by atoms with van der Waals surface area (Å²) in [6, 6.07) is 1.75. The van der Waals surface area contributed by atoms with Gasteiger partial charge in [0.1, 0.15) is 18.2 Å². The molecule has 0 aliphatic rings. The van der Waals surface area contributed by atoms with Crippen LogP contribution in [0, 0.1) is 23.5 Å². The van der Waals surface area contributed by atoms with Crippen LogP contribution in [0.5, 0.6) is 0 Å². The number of benzene rings is 1. The molecule has 3 N–H and O–H groups in total. The van der Waals surface area contributed by atoms with Crippen molar-refractivity contribution < 1.29 is 13.9 Å². The Labute approximate surface area is 74.0 Å². The van der Waals surface area contributed by atoms with E-state index < -0.39 is 11.6 Å². The van der Waals surface area contributed by atoms with E-state index in [1.54, 1.807) is 0 Å². The molecule has 0 spiro atoms. The molecular weight excluding hydrogens is 176 g/mol. The summed E-state index contributed by atoms with van der Waals surface area (Å²) < 4.78 is 25.5. The Bertz CT molecular complexity index is 379. The number of aliphatic hydroxyl groups excluding tert-OH is 1. The van der Waals surface area contributed by atoms with Crippen LogP contribution in [-0.2, 0) is 0 Å². The molecule has 1 rings (SSSR count). The zero-order chi connectivity index (χ0) is 9.84. The van der Waals surface area contributed by atoms with Gasteiger partial charge in [-0.1, -0.05) is 11.8 Å². The van der Waals surface area contributed by atoms with Crippen molar-refractivity contribution in [1.29, 1.82) is 0 Å². The topological polar surface area (TPSA) is 46.2 Å². The molecule has 0 aliphatic carbocycles. The quantitative estimate of drug-likeness (QED) is 0.463. The molecule has 0 aliphatic heterocycles. The summed E-state index contributed by atoms with van der Waals surface area (Å²) in [6.07, 6.45) is 0. The number of hydrogen-bond donors (Lipinski definition) is 2. The van der Waals surface area contributed by atoms with Crippen LogP contribution in [0.2, 0.25) is 0 Å². The largest absolute Gasteiger partial charge is 0.396 e. The smallest absolute Gasteiger partial charge is 0.149 e. The van der Waals surface area contributed by atoms with Crippen LogP contribution in [0.3, 0.4) is 0 Å². The minimum Gasteiger partial charge on any atom is -0.396 e. The fraction of sp³-hybridized carbons (Fsp3) is 0.111. The summed E-state index contributed by atoms with van der Waals surface area (Å²) in [6.45, 7) is -0.378. The molecule has 1 aromatic carbocycles. The lowest BCUT2D eigenvalue weighted by atomic mass is 10.2. The van der Waals surface area contributed by atoms with Gasteiger partial charge in [-0.2, -0.15) is 0 Å².